The Morgan fingerprint density at radius 1 is 1.13 bits per heavy atom. The van der Waals surface area contributed by atoms with Gasteiger partial charge in [-0.05, 0) is 50.2 Å². The number of ether oxygens (including phenoxy) is 1. The fraction of sp³-hybridized carbons (Fsp3) is 0.200. The molecule has 0 aliphatic rings. The molecule has 0 saturated heterocycles. The van der Waals surface area contributed by atoms with E-state index in [9.17, 15) is 8.42 Å². The van der Waals surface area contributed by atoms with Gasteiger partial charge in [0, 0.05) is 6.20 Å². The highest BCUT2D eigenvalue weighted by Gasteiger charge is 2.15. The Kier molecular flexibility index (Phi) is 3.91. The second-order valence-corrected chi connectivity index (χ2v) is 6.94. The van der Waals surface area contributed by atoms with Crippen molar-refractivity contribution in [1.29, 1.82) is 0 Å². The lowest BCUT2D eigenvalue weighted by atomic mass is 10.3. The Labute approximate surface area is 134 Å². The number of anilines is 1. The summed E-state index contributed by atoms with van der Waals surface area (Å²) in [6.45, 7) is 3.82. The van der Waals surface area contributed by atoms with Crippen LogP contribution in [0.5, 0.6) is 5.75 Å². The number of sulfonamides is 1. The van der Waals surface area contributed by atoms with E-state index in [-0.39, 0.29) is 11.0 Å². The molecule has 2 aromatic heterocycles. The molecule has 8 heteroatoms. The SMILES string of the molecule is CC(C)Oc1ccc(S(=O)(=O)Nc2ccc3nncn3c2)cc1. The largest absolute Gasteiger partial charge is 0.491 e. The molecule has 0 atom stereocenters. The minimum absolute atomic E-state index is 0.0334. The lowest BCUT2D eigenvalue weighted by Crippen LogP contribution is -2.13. The average Bonchev–Trinajstić information content (AvgIpc) is 2.94. The zero-order valence-corrected chi connectivity index (χ0v) is 13.5. The van der Waals surface area contributed by atoms with Crippen LogP contribution in [-0.4, -0.2) is 29.1 Å². The second kappa shape index (κ2) is 5.88. The van der Waals surface area contributed by atoms with Gasteiger partial charge in [-0.3, -0.25) is 9.12 Å². The maximum atomic E-state index is 12.4. The first-order chi connectivity index (χ1) is 10.9. The molecule has 0 aliphatic carbocycles. The van der Waals surface area contributed by atoms with Crippen molar-refractivity contribution in [3.8, 4) is 5.75 Å². The summed E-state index contributed by atoms with van der Waals surface area (Å²) in [6.07, 6.45) is 3.15. The van der Waals surface area contributed by atoms with E-state index in [0.717, 1.165) is 0 Å². The van der Waals surface area contributed by atoms with Crippen molar-refractivity contribution in [2.75, 3.05) is 4.72 Å². The van der Waals surface area contributed by atoms with Crippen LogP contribution in [0, 0.1) is 0 Å². The summed E-state index contributed by atoms with van der Waals surface area (Å²) in [7, 11) is -3.67. The van der Waals surface area contributed by atoms with Gasteiger partial charge in [-0.2, -0.15) is 0 Å². The number of pyridine rings is 1. The first kappa shape index (κ1) is 15.3. The molecule has 0 saturated carbocycles. The van der Waals surface area contributed by atoms with Crippen LogP contribution >= 0.6 is 0 Å². The molecule has 2 heterocycles. The van der Waals surface area contributed by atoms with E-state index in [2.05, 4.69) is 14.9 Å². The van der Waals surface area contributed by atoms with E-state index in [1.165, 1.54) is 18.5 Å². The highest BCUT2D eigenvalue weighted by Crippen LogP contribution is 2.20. The predicted molar refractivity (Wildman–Crippen MR) is 86.0 cm³/mol. The molecule has 1 N–H and O–H groups in total. The molecule has 120 valence electrons. The molecule has 1 aromatic carbocycles. The molecule has 0 spiro atoms. The van der Waals surface area contributed by atoms with Crippen LogP contribution < -0.4 is 9.46 Å². The Bertz CT molecular complexity index is 917. The van der Waals surface area contributed by atoms with Gasteiger partial charge in [-0.25, -0.2) is 8.42 Å². The third kappa shape index (κ3) is 3.42. The van der Waals surface area contributed by atoms with Crippen LogP contribution in [0.3, 0.4) is 0 Å². The Morgan fingerprint density at radius 2 is 1.87 bits per heavy atom. The number of rotatable bonds is 5. The van der Waals surface area contributed by atoms with Gasteiger partial charge in [0.05, 0.1) is 16.7 Å². The van der Waals surface area contributed by atoms with Gasteiger partial charge < -0.3 is 4.74 Å². The van der Waals surface area contributed by atoms with Gasteiger partial charge in [0.2, 0.25) is 0 Å². The summed E-state index contributed by atoms with van der Waals surface area (Å²) >= 11 is 0. The number of hydrogen-bond acceptors (Lipinski definition) is 5. The number of nitrogens with one attached hydrogen (secondary N) is 1. The van der Waals surface area contributed by atoms with E-state index in [1.807, 2.05) is 13.8 Å². The van der Waals surface area contributed by atoms with Gasteiger partial charge in [0.1, 0.15) is 12.1 Å². The topological polar surface area (TPSA) is 85.6 Å². The van der Waals surface area contributed by atoms with E-state index < -0.39 is 10.0 Å². The van der Waals surface area contributed by atoms with Crippen molar-refractivity contribution in [3.05, 3.63) is 48.9 Å². The van der Waals surface area contributed by atoms with Crippen LogP contribution in [0.4, 0.5) is 5.69 Å². The van der Waals surface area contributed by atoms with Crippen LogP contribution in [0.25, 0.3) is 5.65 Å². The standard InChI is InChI=1S/C15H16N4O3S/c1-11(2)22-13-4-6-14(7-5-13)23(20,21)18-12-3-8-15-17-16-10-19(15)9-12/h3-11,18H,1-2H3. The molecule has 23 heavy (non-hydrogen) atoms. The summed E-state index contributed by atoms with van der Waals surface area (Å²) in [6, 6.07) is 9.62. The number of benzene rings is 1. The van der Waals surface area contributed by atoms with Crippen LogP contribution in [0.1, 0.15) is 13.8 Å². The van der Waals surface area contributed by atoms with Gasteiger partial charge in [-0.1, -0.05) is 0 Å². The van der Waals surface area contributed by atoms with Crippen molar-refractivity contribution in [2.45, 2.75) is 24.8 Å². The first-order valence-electron chi connectivity index (χ1n) is 7.03. The summed E-state index contributed by atoms with van der Waals surface area (Å²) < 4.78 is 34.5. The van der Waals surface area contributed by atoms with Crippen molar-refractivity contribution >= 4 is 21.4 Å². The highest BCUT2D eigenvalue weighted by atomic mass is 32.2. The van der Waals surface area contributed by atoms with Gasteiger partial charge in [-0.15, -0.1) is 10.2 Å². The van der Waals surface area contributed by atoms with Crippen molar-refractivity contribution in [3.63, 3.8) is 0 Å². The van der Waals surface area contributed by atoms with E-state index in [0.29, 0.717) is 17.1 Å². The Hall–Kier alpha value is -2.61. The molecular formula is C15H16N4O3S. The molecule has 7 nitrogen and oxygen atoms in total. The quantitative estimate of drug-likeness (QED) is 0.775. The number of hydrogen-bond donors (Lipinski definition) is 1. The van der Waals surface area contributed by atoms with Crippen molar-refractivity contribution < 1.29 is 13.2 Å². The van der Waals surface area contributed by atoms with Crippen LogP contribution in [0.2, 0.25) is 0 Å². The number of nitrogens with zero attached hydrogens (tertiary/aromatic N) is 3. The third-order valence-electron chi connectivity index (χ3n) is 3.05. The second-order valence-electron chi connectivity index (χ2n) is 5.26. The lowest BCUT2D eigenvalue weighted by Gasteiger charge is -2.11. The molecular weight excluding hydrogens is 316 g/mol. The summed E-state index contributed by atoms with van der Waals surface area (Å²) in [5, 5.41) is 7.62. The highest BCUT2D eigenvalue weighted by molar-refractivity contribution is 7.92. The minimum atomic E-state index is -3.67. The van der Waals surface area contributed by atoms with Crippen LogP contribution in [0.15, 0.2) is 53.8 Å². The van der Waals surface area contributed by atoms with E-state index >= 15 is 0 Å². The van der Waals surface area contributed by atoms with Gasteiger partial charge >= 0.3 is 0 Å². The summed E-state index contributed by atoms with van der Waals surface area (Å²) in [5.74, 6) is 0.629. The zero-order valence-electron chi connectivity index (χ0n) is 12.7. The Balaban J connectivity index is 1.83. The molecule has 0 aliphatic heterocycles. The summed E-state index contributed by atoms with van der Waals surface area (Å²) in [5.41, 5.74) is 1.07. The van der Waals surface area contributed by atoms with Crippen LogP contribution in [-0.2, 0) is 10.0 Å². The minimum Gasteiger partial charge on any atom is -0.491 e. The van der Waals surface area contributed by atoms with Crippen molar-refractivity contribution in [1.82, 2.24) is 14.6 Å². The first-order valence-corrected chi connectivity index (χ1v) is 8.51. The molecule has 0 amide bonds. The Morgan fingerprint density at radius 3 is 2.57 bits per heavy atom. The summed E-state index contributed by atoms with van der Waals surface area (Å²) in [4.78, 5) is 0.164. The molecule has 3 aromatic rings. The molecule has 0 radical (unpaired) electrons. The maximum Gasteiger partial charge on any atom is 0.261 e. The normalized spacial score (nSPS) is 11.8. The maximum absolute atomic E-state index is 12.4. The van der Waals surface area contributed by atoms with Crippen molar-refractivity contribution in [2.24, 2.45) is 0 Å². The van der Waals surface area contributed by atoms with E-state index in [1.54, 1.807) is 34.9 Å². The zero-order chi connectivity index (χ0) is 16.4. The van der Waals surface area contributed by atoms with E-state index in [4.69, 9.17) is 4.74 Å². The number of aromatic nitrogens is 3. The smallest absolute Gasteiger partial charge is 0.261 e. The molecule has 0 fully saturated rings. The predicted octanol–water partition coefficient (Wildman–Crippen LogP) is 2.32. The average molecular weight is 332 g/mol. The molecule has 3 rings (SSSR count). The molecule has 0 bridgehead atoms. The fourth-order valence-corrected chi connectivity index (χ4v) is 3.11. The lowest BCUT2D eigenvalue weighted by molar-refractivity contribution is 0.242. The van der Waals surface area contributed by atoms with Gasteiger partial charge in [0.25, 0.3) is 10.0 Å². The third-order valence-corrected chi connectivity index (χ3v) is 4.45. The van der Waals surface area contributed by atoms with Gasteiger partial charge in [0.15, 0.2) is 5.65 Å². The molecule has 0 unspecified atom stereocenters. The number of fused-ring (bicyclic) bond motifs is 1. The monoisotopic (exact) mass is 332 g/mol. The fourth-order valence-electron chi connectivity index (χ4n) is 2.07.